The molecule has 0 radical (unpaired) electrons. The summed E-state index contributed by atoms with van der Waals surface area (Å²) >= 11 is 0. The second-order valence-electron chi connectivity index (χ2n) is 5.11. The van der Waals surface area contributed by atoms with Gasteiger partial charge in [0.05, 0.1) is 5.25 Å². The van der Waals surface area contributed by atoms with Crippen LogP contribution < -0.4 is 0 Å². The van der Waals surface area contributed by atoms with Crippen LogP contribution in [0.15, 0.2) is 0 Å². The average Bonchev–Trinajstić information content (AvgIpc) is 2.31. The van der Waals surface area contributed by atoms with Crippen LogP contribution in [0.3, 0.4) is 0 Å². The van der Waals surface area contributed by atoms with E-state index in [-0.39, 0.29) is 5.25 Å². The summed E-state index contributed by atoms with van der Waals surface area (Å²) in [6.45, 7) is 0. The first kappa shape index (κ1) is 12.7. The van der Waals surface area contributed by atoms with Crippen LogP contribution >= 0.6 is 10.8 Å². The van der Waals surface area contributed by atoms with Gasteiger partial charge in [0.25, 0.3) is 0 Å². The monoisotopic (exact) mass is 262 g/mol. The number of hydrogen-bond donors (Lipinski definition) is 0. The third kappa shape index (κ3) is 3.39. The zero-order chi connectivity index (χ0) is 11.4. The maximum absolute atomic E-state index is 12.2. The standard InChI is InChI=1S/C12H22O2S2/c13-16(14,12-9-5-2-6-10-12)15-11-7-3-1-4-8-11/h11-12H,1-10H2. The molecule has 0 bridgehead atoms. The fraction of sp³-hybridized carbons (Fsp3) is 1.00. The van der Waals surface area contributed by atoms with Gasteiger partial charge < -0.3 is 0 Å². The summed E-state index contributed by atoms with van der Waals surface area (Å²) in [5.74, 6) is 0. The van der Waals surface area contributed by atoms with Crippen LogP contribution in [0.1, 0.15) is 64.2 Å². The molecule has 0 aromatic rings. The second kappa shape index (κ2) is 5.76. The fourth-order valence-electron chi connectivity index (χ4n) is 2.78. The molecule has 2 fully saturated rings. The van der Waals surface area contributed by atoms with E-state index in [1.54, 1.807) is 0 Å². The summed E-state index contributed by atoms with van der Waals surface area (Å²) in [6, 6.07) is 0. The molecule has 4 heteroatoms. The Kier molecular flexibility index (Phi) is 4.59. The second-order valence-corrected chi connectivity index (χ2v) is 9.59. The van der Waals surface area contributed by atoms with Gasteiger partial charge in [-0.15, -0.1) is 0 Å². The first-order valence-electron chi connectivity index (χ1n) is 6.60. The van der Waals surface area contributed by atoms with E-state index < -0.39 is 8.87 Å². The highest BCUT2D eigenvalue weighted by atomic mass is 33.1. The summed E-state index contributed by atoms with van der Waals surface area (Å²) in [5, 5.41) is 0.355. The fourth-order valence-corrected chi connectivity index (χ4v) is 7.52. The molecule has 2 saturated carbocycles. The zero-order valence-corrected chi connectivity index (χ0v) is 11.5. The largest absolute Gasteiger partial charge is 0.217 e. The highest BCUT2D eigenvalue weighted by Crippen LogP contribution is 2.37. The average molecular weight is 262 g/mol. The predicted molar refractivity (Wildman–Crippen MR) is 70.3 cm³/mol. The number of rotatable bonds is 3. The molecule has 94 valence electrons. The van der Waals surface area contributed by atoms with Gasteiger partial charge in [-0.1, -0.05) is 38.5 Å². The van der Waals surface area contributed by atoms with Gasteiger partial charge in [0.1, 0.15) is 0 Å². The van der Waals surface area contributed by atoms with Crippen molar-refractivity contribution in [3.05, 3.63) is 0 Å². The maximum atomic E-state index is 12.2. The van der Waals surface area contributed by atoms with Gasteiger partial charge in [-0.2, -0.15) is 0 Å². The van der Waals surface area contributed by atoms with Gasteiger partial charge in [-0.25, -0.2) is 8.42 Å². The van der Waals surface area contributed by atoms with E-state index >= 15 is 0 Å². The molecule has 0 aromatic carbocycles. The molecule has 0 N–H and O–H groups in total. The van der Waals surface area contributed by atoms with Crippen molar-refractivity contribution in [2.45, 2.75) is 74.7 Å². The molecule has 16 heavy (non-hydrogen) atoms. The van der Waals surface area contributed by atoms with Crippen LogP contribution in [-0.2, 0) is 8.87 Å². The SMILES string of the molecule is O=S(=O)(SC1CCCCC1)C1CCCCC1. The van der Waals surface area contributed by atoms with E-state index in [0.29, 0.717) is 5.25 Å². The minimum absolute atomic E-state index is 0.0341. The normalized spacial score (nSPS) is 25.8. The van der Waals surface area contributed by atoms with Crippen LogP contribution in [0.4, 0.5) is 0 Å². The molecule has 2 rings (SSSR count). The molecule has 0 aliphatic heterocycles. The highest BCUT2D eigenvalue weighted by Gasteiger charge is 2.31. The van der Waals surface area contributed by atoms with Gasteiger partial charge in [-0.05, 0) is 36.5 Å². The Labute approximate surface area is 103 Å². The van der Waals surface area contributed by atoms with Crippen LogP contribution in [0, 0.1) is 0 Å². The minimum atomic E-state index is -2.87. The van der Waals surface area contributed by atoms with Crippen LogP contribution in [0.5, 0.6) is 0 Å². The van der Waals surface area contributed by atoms with Crippen LogP contribution in [0.2, 0.25) is 0 Å². The van der Waals surface area contributed by atoms with Crippen molar-refractivity contribution < 1.29 is 8.42 Å². The lowest BCUT2D eigenvalue weighted by atomic mass is 10.0. The van der Waals surface area contributed by atoms with Gasteiger partial charge >= 0.3 is 0 Å². The van der Waals surface area contributed by atoms with E-state index in [0.717, 1.165) is 38.5 Å². The molecule has 0 amide bonds. The quantitative estimate of drug-likeness (QED) is 0.727. The summed E-state index contributed by atoms with van der Waals surface area (Å²) in [4.78, 5) is 0. The lowest BCUT2D eigenvalue weighted by Gasteiger charge is -2.25. The van der Waals surface area contributed by atoms with Crippen molar-refractivity contribution in [3.63, 3.8) is 0 Å². The molecule has 0 atom stereocenters. The van der Waals surface area contributed by atoms with Crippen molar-refractivity contribution in [2.24, 2.45) is 0 Å². The Balaban J connectivity index is 1.90. The minimum Gasteiger partial charge on any atom is -0.217 e. The molecule has 0 unspecified atom stereocenters. The summed E-state index contributed by atoms with van der Waals surface area (Å²) in [5.41, 5.74) is 0. The zero-order valence-electron chi connectivity index (χ0n) is 9.86. The number of hydrogen-bond acceptors (Lipinski definition) is 3. The van der Waals surface area contributed by atoms with Crippen LogP contribution in [-0.4, -0.2) is 18.9 Å². The van der Waals surface area contributed by atoms with Gasteiger partial charge in [0, 0.05) is 5.25 Å². The summed E-state index contributed by atoms with van der Waals surface area (Å²) in [7, 11) is -1.56. The highest BCUT2D eigenvalue weighted by molar-refractivity contribution is 8.72. The molecule has 2 aliphatic carbocycles. The van der Waals surface area contributed by atoms with Crippen molar-refractivity contribution in [3.8, 4) is 0 Å². The molecule has 2 nitrogen and oxygen atoms in total. The molecule has 0 aromatic heterocycles. The van der Waals surface area contributed by atoms with Gasteiger partial charge in [0.15, 0.2) is 0 Å². The molecular formula is C12H22O2S2. The Bertz CT molecular complexity index is 299. The van der Waals surface area contributed by atoms with Gasteiger partial charge in [-0.3, -0.25) is 0 Å². The Morgan fingerprint density at radius 2 is 1.25 bits per heavy atom. The maximum Gasteiger partial charge on any atom is 0.204 e. The summed E-state index contributed by atoms with van der Waals surface area (Å²) < 4.78 is 24.4. The third-order valence-electron chi connectivity index (χ3n) is 3.78. The van der Waals surface area contributed by atoms with Crippen molar-refractivity contribution in [1.29, 1.82) is 0 Å². The Morgan fingerprint density at radius 1 is 0.750 bits per heavy atom. The van der Waals surface area contributed by atoms with E-state index in [9.17, 15) is 8.42 Å². The summed E-state index contributed by atoms with van der Waals surface area (Å²) in [6.07, 6.45) is 11.2. The lowest BCUT2D eigenvalue weighted by Crippen LogP contribution is -2.24. The van der Waals surface area contributed by atoms with E-state index in [4.69, 9.17) is 0 Å². The van der Waals surface area contributed by atoms with E-state index in [1.807, 2.05) is 0 Å². The first-order chi connectivity index (χ1) is 7.68. The molecule has 2 aliphatic rings. The molecule has 0 heterocycles. The van der Waals surface area contributed by atoms with Crippen LogP contribution in [0.25, 0.3) is 0 Å². The molecule has 0 spiro atoms. The molecule has 0 saturated heterocycles. The Hall–Kier alpha value is 0.300. The third-order valence-corrected chi connectivity index (χ3v) is 8.52. The molecular weight excluding hydrogens is 240 g/mol. The van der Waals surface area contributed by atoms with Gasteiger partial charge in [0.2, 0.25) is 8.87 Å². The Morgan fingerprint density at radius 3 is 1.81 bits per heavy atom. The van der Waals surface area contributed by atoms with Crippen molar-refractivity contribution in [1.82, 2.24) is 0 Å². The first-order valence-corrected chi connectivity index (χ1v) is 9.55. The smallest absolute Gasteiger partial charge is 0.204 e. The predicted octanol–water partition coefficient (Wildman–Crippen LogP) is 3.71. The van der Waals surface area contributed by atoms with Crippen molar-refractivity contribution in [2.75, 3.05) is 0 Å². The van der Waals surface area contributed by atoms with E-state index in [1.165, 1.54) is 36.5 Å². The lowest BCUT2D eigenvalue weighted by molar-refractivity contribution is 0.489. The van der Waals surface area contributed by atoms with Crippen molar-refractivity contribution >= 4 is 19.7 Å². The topological polar surface area (TPSA) is 34.1 Å². The van der Waals surface area contributed by atoms with E-state index in [2.05, 4.69) is 0 Å².